The average Bonchev–Trinajstić information content (AvgIpc) is 3.31. The Labute approximate surface area is 171 Å². The van der Waals surface area contributed by atoms with E-state index < -0.39 is 5.91 Å². The zero-order chi connectivity index (χ0) is 20.4. The third-order valence-electron chi connectivity index (χ3n) is 4.25. The highest BCUT2D eigenvalue weighted by Gasteiger charge is 2.16. The standard InChI is InChI=1S/C22H16N4O2S/c1-14-11-15(2)26(25-14)22(27)17(13-23)12-18-8-9-20(28-18)29-19-7-3-5-16-6-4-10-24-21(16)19/h3-12H,1-2H3/b17-12+. The smallest absolute Gasteiger partial charge is 0.289 e. The van der Waals surface area contributed by atoms with Crippen LogP contribution < -0.4 is 0 Å². The van der Waals surface area contributed by atoms with Crippen LogP contribution in [0.1, 0.15) is 21.9 Å². The number of rotatable bonds is 4. The summed E-state index contributed by atoms with van der Waals surface area (Å²) in [6, 6.07) is 17.1. The van der Waals surface area contributed by atoms with Crippen molar-refractivity contribution in [1.82, 2.24) is 14.8 Å². The molecular weight excluding hydrogens is 384 g/mol. The van der Waals surface area contributed by atoms with Crippen LogP contribution in [0, 0.1) is 25.2 Å². The summed E-state index contributed by atoms with van der Waals surface area (Å²) in [5, 5.41) is 15.3. The molecule has 29 heavy (non-hydrogen) atoms. The number of nitrogens with zero attached hydrogens (tertiary/aromatic N) is 4. The predicted octanol–water partition coefficient (Wildman–Crippen LogP) is 5.04. The minimum Gasteiger partial charge on any atom is -0.450 e. The van der Waals surface area contributed by atoms with E-state index in [0.29, 0.717) is 22.2 Å². The number of pyridine rings is 1. The van der Waals surface area contributed by atoms with Gasteiger partial charge in [0.2, 0.25) is 0 Å². The van der Waals surface area contributed by atoms with E-state index in [2.05, 4.69) is 10.1 Å². The summed E-state index contributed by atoms with van der Waals surface area (Å²) in [5.74, 6) is -0.0610. The monoisotopic (exact) mass is 400 g/mol. The Morgan fingerprint density at radius 2 is 2.03 bits per heavy atom. The van der Waals surface area contributed by atoms with E-state index in [0.717, 1.165) is 15.8 Å². The highest BCUT2D eigenvalue weighted by molar-refractivity contribution is 7.99. The molecule has 0 saturated carbocycles. The summed E-state index contributed by atoms with van der Waals surface area (Å²) < 4.78 is 7.04. The van der Waals surface area contributed by atoms with Crippen molar-refractivity contribution in [2.24, 2.45) is 0 Å². The maximum atomic E-state index is 12.6. The summed E-state index contributed by atoms with van der Waals surface area (Å²) in [7, 11) is 0. The maximum Gasteiger partial charge on any atom is 0.289 e. The first kappa shape index (κ1) is 18.7. The van der Waals surface area contributed by atoms with Gasteiger partial charge in [0.1, 0.15) is 17.4 Å². The first-order valence-corrected chi connectivity index (χ1v) is 9.68. The number of para-hydroxylation sites is 1. The van der Waals surface area contributed by atoms with Crippen LogP contribution in [-0.4, -0.2) is 20.7 Å². The van der Waals surface area contributed by atoms with Crippen molar-refractivity contribution >= 4 is 34.6 Å². The van der Waals surface area contributed by atoms with E-state index in [4.69, 9.17) is 4.42 Å². The predicted molar refractivity (Wildman–Crippen MR) is 110 cm³/mol. The van der Waals surface area contributed by atoms with Gasteiger partial charge in [0.25, 0.3) is 5.91 Å². The van der Waals surface area contributed by atoms with E-state index in [1.807, 2.05) is 36.4 Å². The number of carbonyl (C=O) groups excluding carboxylic acids is 1. The van der Waals surface area contributed by atoms with E-state index >= 15 is 0 Å². The van der Waals surface area contributed by atoms with Crippen LogP contribution in [0.25, 0.3) is 17.0 Å². The van der Waals surface area contributed by atoms with E-state index in [9.17, 15) is 10.1 Å². The lowest BCUT2D eigenvalue weighted by molar-refractivity contribution is 0.0943. The molecule has 0 bridgehead atoms. The molecule has 0 aliphatic carbocycles. The van der Waals surface area contributed by atoms with Crippen LogP contribution in [0.5, 0.6) is 0 Å². The number of aryl methyl sites for hydroxylation is 2. The van der Waals surface area contributed by atoms with Crippen molar-refractivity contribution in [2.75, 3.05) is 0 Å². The zero-order valence-electron chi connectivity index (χ0n) is 15.8. The number of benzene rings is 1. The van der Waals surface area contributed by atoms with Gasteiger partial charge in [-0.1, -0.05) is 18.2 Å². The number of hydrogen-bond donors (Lipinski definition) is 0. The van der Waals surface area contributed by atoms with Gasteiger partial charge in [-0.05, 0) is 55.9 Å². The van der Waals surface area contributed by atoms with Gasteiger partial charge in [0.15, 0.2) is 5.09 Å². The molecule has 0 atom stereocenters. The summed E-state index contributed by atoms with van der Waals surface area (Å²) in [5.41, 5.74) is 2.24. The molecule has 4 rings (SSSR count). The van der Waals surface area contributed by atoms with Gasteiger partial charge in [-0.2, -0.15) is 10.4 Å². The van der Waals surface area contributed by atoms with Crippen LogP contribution in [0.15, 0.2) is 74.7 Å². The Bertz CT molecular complexity index is 1290. The first-order chi connectivity index (χ1) is 14.0. The fourth-order valence-corrected chi connectivity index (χ4v) is 3.87. The molecular formula is C22H16N4O2S. The molecule has 0 spiro atoms. The quantitative estimate of drug-likeness (QED) is 0.352. The van der Waals surface area contributed by atoms with Gasteiger partial charge in [0.05, 0.1) is 11.2 Å². The minimum atomic E-state index is -0.484. The molecule has 0 amide bonds. The number of furan rings is 1. The molecule has 1 aromatic carbocycles. The van der Waals surface area contributed by atoms with Crippen molar-refractivity contribution in [2.45, 2.75) is 23.8 Å². The fraction of sp³-hybridized carbons (Fsp3) is 0.0909. The normalized spacial score (nSPS) is 11.6. The van der Waals surface area contributed by atoms with Crippen LogP contribution in [-0.2, 0) is 0 Å². The number of nitriles is 1. The average molecular weight is 400 g/mol. The maximum absolute atomic E-state index is 12.6. The molecule has 0 aliphatic rings. The Morgan fingerprint density at radius 1 is 1.21 bits per heavy atom. The number of aromatic nitrogens is 3. The van der Waals surface area contributed by atoms with Gasteiger partial charge in [-0.3, -0.25) is 9.78 Å². The van der Waals surface area contributed by atoms with Gasteiger partial charge in [-0.25, -0.2) is 4.68 Å². The van der Waals surface area contributed by atoms with Gasteiger partial charge < -0.3 is 4.42 Å². The topological polar surface area (TPSA) is 84.7 Å². The molecule has 7 heteroatoms. The molecule has 4 aromatic rings. The highest BCUT2D eigenvalue weighted by atomic mass is 32.2. The van der Waals surface area contributed by atoms with Crippen molar-refractivity contribution in [3.05, 3.63) is 77.4 Å². The molecule has 142 valence electrons. The Balaban J connectivity index is 1.60. The molecule has 0 fully saturated rings. The van der Waals surface area contributed by atoms with Crippen molar-refractivity contribution in [3.8, 4) is 6.07 Å². The van der Waals surface area contributed by atoms with Crippen LogP contribution in [0.3, 0.4) is 0 Å². The van der Waals surface area contributed by atoms with Gasteiger partial charge in [0, 0.05) is 28.2 Å². The lowest BCUT2D eigenvalue weighted by Crippen LogP contribution is -2.15. The summed E-state index contributed by atoms with van der Waals surface area (Å²) in [6.45, 7) is 3.57. The first-order valence-electron chi connectivity index (χ1n) is 8.86. The van der Waals surface area contributed by atoms with E-state index in [1.165, 1.54) is 22.5 Å². The third-order valence-corrected chi connectivity index (χ3v) is 5.22. The molecule has 0 unspecified atom stereocenters. The van der Waals surface area contributed by atoms with E-state index in [-0.39, 0.29) is 5.57 Å². The number of carbonyl (C=O) groups is 1. The zero-order valence-corrected chi connectivity index (χ0v) is 16.6. The molecule has 3 heterocycles. The molecule has 0 saturated heterocycles. The fourth-order valence-electron chi connectivity index (χ4n) is 2.97. The second-order valence-electron chi connectivity index (χ2n) is 6.40. The number of fused-ring (bicyclic) bond motifs is 1. The minimum absolute atomic E-state index is 0.0473. The summed E-state index contributed by atoms with van der Waals surface area (Å²) >= 11 is 1.44. The van der Waals surface area contributed by atoms with Crippen LogP contribution >= 0.6 is 11.8 Å². The number of hydrogen-bond acceptors (Lipinski definition) is 6. The van der Waals surface area contributed by atoms with E-state index in [1.54, 1.807) is 38.2 Å². The number of allylic oxidation sites excluding steroid dienone is 1. The molecule has 0 N–H and O–H groups in total. The summed E-state index contributed by atoms with van der Waals surface area (Å²) in [6.07, 6.45) is 3.19. The Morgan fingerprint density at radius 3 is 2.79 bits per heavy atom. The van der Waals surface area contributed by atoms with Gasteiger partial charge in [-0.15, -0.1) is 0 Å². The molecule has 6 nitrogen and oxygen atoms in total. The Kier molecular flexibility index (Phi) is 5.02. The summed E-state index contributed by atoms with van der Waals surface area (Å²) in [4.78, 5) is 18.0. The van der Waals surface area contributed by atoms with Crippen molar-refractivity contribution in [3.63, 3.8) is 0 Å². The molecule has 0 radical (unpaired) electrons. The van der Waals surface area contributed by atoms with Gasteiger partial charge >= 0.3 is 0 Å². The van der Waals surface area contributed by atoms with Crippen molar-refractivity contribution < 1.29 is 9.21 Å². The third kappa shape index (κ3) is 3.84. The molecule has 0 aliphatic heterocycles. The lowest BCUT2D eigenvalue weighted by atomic mass is 10.2. The largest absolute Gasteiger partial charge is 0.450 e. The van der Waals surface area contributed by atoms with Crippen LogP contribution in [0.2, 0.25) is 0 Å². The van der Waals surface area contributed by atoms with Crippen molar-refractivity contribution in [1.29, 1.82) is 5.26 Å². The van der Waals surface area contributed by atoms with Crippen LogP contribution in [0.4, 0.5) is 0 Å². The second-order valence-corrected chi connectivity index (χ2v) is 7.45. The Hall–Kier alpha value is -3.63. The molecule has 3 aromatic heterocycles. The highest BCUT2D eigenvalue weighted by Crippen LogP contribution is 2.33. The second kappa shape index (κ2) is 7.78. The SMILES string of the molecule is Cc1cc(C)n(C(=O)/C(C#N)=C/c2ccc(Sc3cccc4cccnc34)o2)n1. The lowest BCUT2D eigenvalue weighted by Gasteiger charge is -2.03.